The van der Waals surface area contributed by atoms with Crippen LogP contribution in [0, 0.1) is 11.3 Å². The molecule has 12 nitrogen and oxygen atoms in total. The van der Waals surface area contributed by atoms with Crippen molar-refractivity contribution >= 4 is 52.3 Å². The van der Waals surface area contributed by atoms with Crippen LogP contribution in [0.15, 0.2) is 24.5 Å². The Kier molecular flexibility index (Phi) is 12.3. The highest BCUT2D eigenvalue weighted by molar-refractivity contribution is 8.14. The van der Waals surface area contributed by atoms with Gasteiger partial charge in [0.1, 0.15) is 11.6 Å². The van der Waals surface area contributed by atoms with E-state index in [1.165, 1.54) is 24.2 Å². The van der Waals surface area contributed by atoms with E-state index in [1.807, 2.05) is 13.8 Å². The molecule has 2 atom stereocenters. The molecule has 0 bridgehead atoms. The van der Waals surface area contributed by atoms with Crippen LogP contribution in [0.5, 0.6) is 0 Å². The lowest BCUT2D eigenvalue weighted by molar-refractivity contribution is -0.131. The van der Waals surface area contributed by atoms with Gasteiger partial charge < -0.3 is 15.5 Å². The molecular weight excluding hydrogens is 572 g/mol. The van der Waals surface area contributed by atoms with Crippen LogP contribution < -0.4 is 10.6 Å². The van der Waals surface area contributed by atoms with Gasteiger partial charge >= 0.3 is 12.1 Å². The molecular formula is C30H46N6O6S. The Labute approximate surface area is 258 Å². The van der Waals surface area contributed by atoms with Gasteiger partial charge in [0.15, 0.2) is 5.12 Å². The number of carbonyl (C=O) groups excluding carboxylic acids is 6. The number of hydrogen-bond acceptors (Lipinski definition) is 8. The van der Waals surface area contributed by atoms with Crippen LogP contribution in [0.2, 0.25) is 0 Å². The molecule has 0 spiro atoms. The molecule has 43 heavy (non-hydrogen) atoms. The molecule has 7 amide bonds. The molecule has 1 aromatic heterocycles. The second-order valence-electron chi connectivity index (χ2n) is 12.7. The van der Waals surface area contributed by atoms with Crippen LogP contribution in [0.1, 0.15) is 74.7 Å². The van der Waals surface area contributed by atoms with Crippen molar-refractivity contribution < 1.29 is 28.8 Å². The minimum atomic E-state index is -0.992. The summed E-state index contributed by atoms with van der Waals surface area (Å²) in [4.78, 5) is 85.9. The Hall–Kier alpha value is -3.48. The summed E-state index contributed by atoms with van der Waals surface area (Å²) in [7, 11) is 1.56. The van der Waals surface area contributed by atoms with Gasteiger partial charge in [-0.2, -0.15) is 0 Å². The van der Waals surface area contributed by atoms with Crippen molar-refractivity contribution in [1.29, 1.82) is 0 Å². The van der Waals surface area contributed by atoms with Crippen LogP contribution in [0.3, 0.4) is 0 Å². The van der Waals surface area contributed by atoms with Gasteiger partial charge in [-0.15, -0.1) is 0 Å². The summed E-state index contributed by atoms with van der Waals surface area (Å²) < 4.78 is 0. The van der Waals surface area contributed by atoms with Crippen molar-refractivity contribution in [2.75, 3.05) is 25.5 Å². The maximum Gasteiger partial charge on any atom is 0.327 e. The third-order valence-corrected chi connectivity index (χ3v) is 8.40. The lowest BCUT2D eigenvalue weighted by atomic mass is 9.86. The number of hydrogen-bond donors (Lipinski definition) is 2. The van der Waals surface area contributed by atoms with Crippen LogP contribution in [-0.4, -0.2) is 91.6 Å². The largest absolute Gasteiger partial charge is 0.327 e. The van der Waals surface area contributed by atoms with E-state index < -0.39 is 46.1 Å². The zero-order chi connectivity index (χ0) is 32.7. The Balaban J connectivity index is 2.25. The first-order chi connectivity index (χ1) is 19.9. The Bertz CT molecular complexity index is 1200. The van der Waals surface area contributed by atoms with Gasteiger partial charge in [-0.25, -0.2) is 9.59 Å². The standard InChI is InChI=1S/C30H46N6O6S/c1-19(2)14-18-35(27(41)33-23(29(4,5)6)24(38)32-21-12-15-31-16-13-21)25(39)22(43-20(3)37)11-10-17-36-26(40)30(7,8)34(9)28(36)42/h12-13,15-16,19,22-23H,10-11,14,17-18H2,1-9H3,(H,33,41)(H,31,32,38)/t22-,23+/m0/s1. The molecule has 0 saturated carbocycles. The van der Waals surface area contributed by atoms with Crippen molar-refractivity contribution in [3.63, 3.8) is 0 Å². The zero-order valence-corrected chi connectivity index (χ0v) is 27.5. The van der Waals surface area contributed by atoms with E-state index in [0.717, 1.165) is 21.6 Å². The van der Waals surface area contributed by atoms with Gasteiger partial charge in [-0.1, -0.05) is 46.4 Å². The molecule has 0 unspecified atom stereocenters. The quantitative estimate of drug-likeness (QED) is 0.332. The lowest BCUT2D eigenvalue weighted by Crippen LogP contribution is -2.57. The number of amides is 7. The lowest BCUT2D eigenvalue weighted by Gasteiger charge is -2.33. The van der Waals surface area contributed by atoms with Gasteiger partial charge in [0, 0.05) is 45.1 Å². The monoisotopic (exact) mass is 618 g/mol. The number of rotatable bonds is 12. The molecule has 13 heteroatoms. The zero-order valence-electron chi connectivity index (χ0n) is 26.7. The van der Waals surface area contributed by atoms with Gasteiger partial charge in [0.05, 0.1) is 5.25 Å². The van der Waals surface area contributed by atoms with Crippen LogP contribution in [0.25, 0.3) is 0 Å². The summed E-state index contributed by atoms with van der Waals surface area (Å²) in [5, 5.41) is 4.31. The first-order valence-electron chi connectivity index (χ1n) is 14.5. The molecule has 1 fully saturated rings. The van der Waals surface area contributed by atoms with Crippen LogP contribution in [0.4, 0.5) is 15.3 Å². The fraction of sp³-hybridized carbons (Fsp3) is 0.633. The number of nitrogens with one attached hydrogen (secondary N) is 2. The van der Waals surface area contributed by atoms with E-state index in [0.29, 0.717) is 12.1 Å². The summed E-state index contributed by atoms with van der Waals surface area (Å²) >= 11 is 0.810. The maximum atomic E-state index is 13.9. The highest BCUT2D eigenvalue weighted by Crippen LogP contribution is 2.28. The van der Waals surface area contributed by atoms with Crippen molar-refractivity contribution in [3.05, 3.63) is 24.5 Å². The normalized spacial score (nSPS) is 16.2. The predicted molar refractivity (Wildman–Crippen MR) is 166 cm³/mol. The first kappa shape index (κ1) is 35.7. The number of likely N-dealkylation sites (N-methyl/N-ethyl adjacent to an activating group) is 1. The summed E-state index contributed by atoms with van der Waals surface area (Å²) in [6.45, 7) is 14.2. The first-order valence-corrected chi connectivity index (χ1v) is 15.4. The SMILES string of the molecule is CC(=O)S[C@@H](CCCN1C(=O)N(C)C(C)(C)C1=O)C(=O)N(CCC(C)C)C(=O)N[C@H](C(=O)Nc1ccncc1)C(C)(C)C. The third-order valence-electron chi connectivity index (χ3n) is 7.34. The fourth-order valence-electron chi connectivity index (χ4n) is 4.45. The topological polar surface area (TPSA) is 149 Å². The molecule has 2 rings (SSSR count). The van der Waals surface area contributed by atoms with Gasteiger partial charge in [-0.05, 0) is 56.6 Å². The van der Waals surface area contributed by atoms with E-state index in [1.54, 1.807) is 53.8 Å². The average molecular weight is 619 g/mol. The Morgan fingerprint density at radius 3 is 2.16 bits per heavy atom. The molecule has 238 valence electrons. The van der Waals surface area contributed by atoms with Gasteiger partial charge in [-0.3, -0.25) is 34.0 Å². The number of pyridine rings is 1. The van der Waals surface area contributed by atoms with E-state index in [-0.39, 0.29) is 42.9 Å². The Morgan fingerprint density at radius 1 is 1.07 bits per heavy atom. The van der Waals surface area contributed by atoms with Gasteiger partial charge in [0.2, 0.25) is 11.8 Å². The minimum Gasteiger partial charge on any atom is -0.325 e. The van der Waals surface area contributed by atoms with Crippen molar-refractivity contribution in [1.82, 2.24) is 25.0 Å². The van der Waals surface area contributed by atoms with Crippen LogP contribution >= 0.6 is 11.8 Å². The predicted octanol–water partition coefficient (Wildman–Crippen LogP) is 4.12. The minimum absolute atomic E-state index is 0.0765. The maximum absolute atomic E-state index is 13.9. The van der Waals surface area contributed by atoms with Crippen molar-refractivity contribution in [3.8, 4) is 0 Å². The summed E-state index contributed by atoms with van der Waals surface area (Å²) in [5.41, 5.74) is -1.17. The number of thioether (sulfide) groups is 1. The number of carbonyl (C=O) groups is 6. The number of aromatic nitrogens is 1. The molecule has 2 heterocycles. The van der Waals surface area contributed by atoms with E-state index in [4.69, 9.17) is 0 Å². The molecule has 0 aromatic carbocycles. The second kappa shape index (κ2) is 14.8. The molecule has 2 N–H and O–H groups in total. The van der Waals surface area contributed by atoms with Gasteiger partial charge in [0.25, 0.3) is 5.91 Å². The molecule has 0 radical (unpaired) electrons. The number of nitrogens with zero attached hydrogens (tertiary/aromatic N) is 4. The summed E-state index contributed by atoms with van der Waals surface area (Å²) in [6, 6.07) is 1.10. The Morgan fingerprint density at radius 2 is 1.67 bits per heavy atom. The third kappa shape index (κ3) is 9.50. The van der Waals surface area contributed by atoms with E-state index in [2.05, 4.69) is 15.6 Å². The average Bonchev–Trinajstić information content (AvgIpc) is 3.05. The van der Waals surface area contributed by atoms with E-state index >= 15 is 0 Å². The number of imide groups is 2. The van der Waals surface area contributed by atoms with E-state index in [9.17, 15) is 28.8 Å². The molecule has 1 aromatic rings. The highest BCUT2D eigenvalue weighted by Gasteiger charge is 2.49. The summed E-state index contributed by atoms with van der Waals surface area (Å²) in [6.07, 6.45) is 4.00. The summed E-state index contributed by atoms with van der Waals surface area (Å²) in [5.74, 6) is -1.19. The number of urea groups is 2. The molecule has 1 saturated heterocycles. The number of anilines is 1. The van der Waals surface area contributed by atoms with Crippen LogP contribution in [-0.2, 0) is 19.2 Å². The van der Waals surface area contributed by atoms with Crippen molar-refractivity contribution in [2.45, 2.75) is 91.5 Å². The molecule has 1 aliphatic heterocycles. The highest BCUT2D eigenvalue weighted by atomic mass is 32.2. The molecule has 1 aliphatic rings. The smallest absolute Gasteiger partial charge is 0.325 e. The second-order valence-corrected chi connectivity index (χ2v) is 14.1. The van der Waals surface area contributed by atoms with Crippen molar-refractivity contribution in [2.24, 2.45) is 11.3 Å². The fourth-order valence-corrected chi connectivity index (χ4v) is 5.36. The molecule has 0 aliphatic carbocycles.